The Labute approximate surface area is 139 Å². The van der Waals surface area contributed by atoms with Crippen LogP contribution in [0.15, 0.2) is 64.1 Å². The van der Waals surface area contributed by atoms with Gasteiger partial charge in [-0.25, -0.2) is 5.43 Å². The van der Waals surface area contributed by atoms with Crippen molar-refractivity contribution in [2.75, 3.05) is 0 Å². The summed E-state index contributed by atoms with van der Waals surface area (Å²) >= 11 is 0. The Morgan fingerprint density at radius 3 is 2.71 bits per heavy atom. The van der Waals surface area contributed by atoms with Gasteiger partial charge in [-0.3, -0.25) is 4.79 Å². The summed E-state index contributed by atoms with van der Waals surface area (Å²) in [5.41, 5.74) is 2.44. The van der Waals surface area contributed by atoms with Crippen molar-refractivity contribution in [3.8, 4) is 5.75 Å². The summed E-state index contributed by atoms with van der Waals surface area (Å²) in [5, 5.41) is 6.06. The minimum atomic E-state index is -0.665. The van der Waals surface area contributed by atoms with Crippen LogP contribution < -0.4 is 10.2 Å². The number of hydrogen-bond acceptors (Lipinski definition) is 4. The van der Waals surface area contributed by atoms with Gasteiger partial charge in [0.15, 0.2) is 6.10 Å². The fraction of sp³-hybridized carbons (Fsp3) is 0.158. The summed E-state index contributed by atoms with van der Waals surface area (Å²) in [5.74, 6) is 1.68. The van der Waals surface area contributed by atoms with Crippen LogP contribution in [-0.4, -0.2) is 18.2 Å². The molecule has 1 amide bonds. The third kappa shape index (κ3) is 3.81. The number of hydrazone groups is 1. The molecule has 1 heterocycles. The second-order valence-corrected chi connectivity index (χ2v) is 5.45. The Balaban J connectivity index is 1.59. The van der Waals surface area contributed by atoms with Gasteiger partial charge in [0, 0.05) is 0 Å². The highest BCUT2D eigenvalue weighted by molar-refractivity contribution is 5.85. The molecular weight excluding hydrogens is 304 g/mol. The summed E-state index contributed by atoms with van der Waals surface area (Å²) in [6, 6.07) is 17.3. The Morgan fingerprint density at radius 1 is 1.17 bits per heavy atom. The molecule has 0 saturated carbocycles. The summed E-state index contributed by atoms with van der Waals surface area (Å²) in [6.45, 7) is 3.52. The third-order valence-electron chi connectivity index (χ3n) is 3.53. The van der Waals surface area contributed by atoms with E-state index in [1.807, 2.05) is 55.5 Å². The van der Waals surface area contributed by atoms with Crippen LogP contribution in [0.2, 0.25) is 0 Å². The lowest BCUT2D eigenvalue weighted by atomic mass is 10.1. The fourth-order valence-corrected chi connectivity index (χ4v) is 2.27. The largest absolute Gasteiger partial charge is 0.481 e. The normalized spacial score (nSPS) is 12.4. The SMILES string of the molecule is Cc1ccc(C=NNC(=O)C(C)Oc2ccc3ccccc3c2)o1. The molecule has 0 saturated heterocycles. The minimum absolute atomic E-state index is 0.331. The molecule has 3 aromatic rings. The quantitative estimate of drug-likeness (QED) is 0.576. The number of nitrogens with one attached hydrogen (secondary N) is 1. The number of rotatable bonds is 5. The van der Waals surface area contributed by atoms with E-state index in [0.29, 0.717) is 11.5 Å². The Kier molecular flexibility index (Phi) is 4.61. The van der Waals surface area contributed by atoms with Crippen molar-refractivity contribution in [3.05, 3.63) is 66.1 Å². The number of amides is 1. The van der Waals surface area contributed by atoms with Crippen LogP contribution in [0.25, 0.3) is 10.8 Å². The first kappa shape index (κ1) is 15.8. The molecule has 2 aromatic carbocycles. The van der Waals surface area contributed by atoms with Crippen LogP contribution in [0.4, 0.5) is 0 Å². The smallest absolute Gasteiger partial charge is 0.280 e. The maximum absolute atomic E-state index is 12.0. The predicted molar refractivity (Wildman–Crippen MR) is 93.2 cm³/mol. The van der Waals surface area contributed by atoms with E-state index in [4.69, 9.17) is 9.15 Å². The molecule has 1 atom stereocenters. The molecule has 0 bridgehead atoms. The van der Waals surface area contributed by atoms with Gasteiger partial charge in [0.1, 0.15) is 17.3 Å². The van der Waals surface area contributed by atoms with Crippen molar-refractivity contribution in [1.29, 1.82) is 0 Å². The monoisotopic (exact) mass is 322 g/mol. The zero-order chi connectivity index (χ0) is 16.9. The summed E-state index contributed by atoms with van der Waals surface area (Å²) in [4.78, 5) is 12.0. The second-order valence-electron chi connectivity index (χ2n) is 5.45. The molecule has 5 heteroatoms. The first-order chi connectivity index (χ1) is 11.6. The highest BCUT2D eigenvalue weighted by Crippen LogP contribution is 2.21. The maximum atomic E-state index is 12.0. The number of ether oxygens (including phenoxy) is 1. The van der Waals surface area contributed by atoms with Gasteiger partial charge in [-0.15, -0.1) is 0 Å². The van der Waals surface area contributed by atoms with Crippen LogP contribution >= 0.6 is 0 Å². The number of fused-ring (bicyclic) bond motifs is 1. The van der Waals surface area contributed by atoms with Gasteiger partial charge in [0.05, 0.1) is 6.21 Å². The lowest BCUT2D eigenvalue weighted by Gasteiger charge is -2.13. The van der Waals surface area contributed by atoms with Crippen LogP contribution in [-0.2, 0) is 4.79 Å². The van der Waals surface area contributed by atoms with Gasteiger partial charge in [-0.1, -0.05) is 30.3 Å². The topological polar surface area (TPSA) is 63.8 Å². The van der Waals surface area contributed by atoms with Crippen LogP contribution in [0.5, 0.6) is 5.75 Å². The minimum Gasteiger partial charge on any atom is -0.481 e. The number of furan rings is 1. The van der Waals surface area contributed by atoms with Crippen molar-refractivity contribution in [1.82, 2.24) is 5.43 Å². The van der Waals surface area contributed by atoms with Crippen molar-refractivity contribution in [2.45, 2.75) is 20.0 Å². The van der Waals surface area contributed by atoms with E-state index in [1.54, 1.807) is 13.0 Å². The van der Waals surface area contributed by atoms with Crippen molar-refractivity contribution in [2.24, 2.45) is 5.10 Å². The molecule has 0 aliphatic heterocycles. The molecule has 0 radical (unpaired) electrons. The number of aryl methyl sites for hydroxylation is 1. The van der Waals surface area contributed by atoms with Gasteiger partial charge < -0.3 is 9.15 Å². The molecule has 3 rings (SSSR count). The number of nitrogens with zero attached hydrogens (tertiary/aromatic N) is 1. The van der Waals surface area contributed by atoms with Crippen LogP contribution in [0.3, 0.4) is 0 Å². The highest BCUT2D eigenvalue weighted by atomic mass is 16.5. The Bertz CT molecular complexity index is 883. The van der Waals surface area contributed by atoms with E-state index < -0.39 is 6.10 Å². The average molecular weight is 322 g/mol. The summed E-state index contributed by atoms with van der Waals surface area (Å²) in [6.07, 6.45) is 0.787. The molecule has 122 valence electrons. The standard InChI is InChI=1S/C19H18N2O3/c1-13-7-9-18(23-13)12-20-21-19(22)14(2)24-17-10-8-15-5-3-4-6-16(15)11-17/h3-12,14H,1-2H3,(H,21,22). The van der Waals surface area contributed by atoms with E-state index in [2.05, 4.69) is 10.5 Å². The van der Waals surface area contributed by atoms with Gasteiger partial charge in [0.25, 0.3) is 5.91 Å². The van der Waals surface area contributed by atoms with Crippen molar-refractivity contribution < 1.29 is 13.9 Å². The van der Waals surface area contributed by atoms with Crippen molar-refractivity contribution >= 4 is 22.9 Å². The van der Waals surface area contributed by atoms with E-state index in [1.165, 1.54) is 6.21 Å². The molecule has 1 N–H and O–H groups in total. The zero-order valence-corrected chi connectivity index (χ0v) is 13.5. The van der Waals surface area contributed by atoms with Gasteiger partial charge >= 0.3 is 0 Å². The van der Waals surface area contributed by atoms with Gasteiger partial charge in [-0.2, -0.15) is 5.10 Å². The Hall–Kier alpha value is -3.08. The van der Waals surface area contributed by atoms with Gasteiger partial charge in [0.2, 0.25) is 0 Å². The zero-order valence-electron chi connectivity index (χ0n) is 13.5. The lowest BCUT2D eigenvalue weighted by molar-refractivity contribution is -0.127. The van der Waals surface area contributed by atoms with Crippen LogP contribution in [0, 0.1) is 6.92 Å². The second kappa shape index (κ2) is 7.00. The summed E-state index contributed by atoms with van der Waals surface area (Å²) < 4.78 is 11.0. The number of carbonyl (C=O) groups excluding carboxylic acids is 1. The number of carbonyl (C=O) groups is 1. The van der Waals surface area contributed by atoms with Crippen molar-refractivity contribution in [3.63, 3.8) is 0 Å². The molecule has 5 nitrogen and oxygen atoms in total. The van der Waals surface area contributed by atoms with Gasteiger partial charge in [-0.05, 0) is 48.9 Å². The lowest BCUT2D eigenvalue weighted by Crippen LogP contribution is -2.33. The fourth-order valence-electron chi connectivity index (χ4n) is 2.27. The molecule has 1 unspecified atom stereocenters. The molecule has 1 aromatic heterocycles. The van der Waals surface area contributed by atoms with E-state index in [-0.39, 0.29) is 5.91 Å². The third-order valence-corrected chi connectivity index (χ3v) is 3.53. The Morgan fingerprint density at radius 2 is 1.96 bits per heavy atom. The number of benzene rings is 2. The van der Waals surface area contributed by atoms with Crippen LogP contribution in [0.1, 0.15) is 18.4 Å². The first-order valence-electron chi connectivity index (χ1n) is 7.66. The average Bonchev–Trinajstić information content (AvgIpc) is 3.00. The number of hydrogen-bond donors (Lipinski definition) is 1. The van der Waals surface area contributed by atoms with E-state index in [0.717, 1.165) is 16.5 Å². The van der Waals surface area contributed by atoms with E-state index in [9.17, 15) is 4.79 Å². The van der Waals surface area contributed by atoms with E-state index >= 15 is 0 Å². The predicted octanol–water partition coefficient (Wildman–Crippen LogP) is 3.66. The molecule has 0 fully saturated rings. The highest BCUT2D eigenvalue weighted by Gasteiger charge is 2.14. The molecular formula is C19H18N2O3. The summed E-state index contributed by atoms with van der Waals surface area (Å²) in [7, 11) is 0. The molecule has 24 heavy (non-hydrogen) atoms. The maximum Gasteiger partial charge on any atom is 0.280 e. The first-order valence-corrected chi connectivity index (χ1v) is 7.66. The molecule has 0 aliphatic carbocycles. The molecule has 0 aliphatic rings. The molecule has 0 spiro atoms.